The van der Waals surface area contributed by atoms with Crippen LogP contribution in [0.25, 0.3) is 6.08 Å². The zero-order valence-electron chi connectivity index (χ0n) is 12.8. The monoisotopic (exact) mass is 351 g/mol. The van der Waals surface area contributed by atoms with Crippen molar-refractivity contribution in [2.24, 2.45) is 0 Å². The Kier molecular flexibility index (Phi) is 4.74. The molecule has 0 saturated heterocycles. The van der Waals surface area contributed by atoms with Crippen LogP contribution in [0.15, 0.2) is 48.5 Å². The first-order valence-corrected chi connectivity index (χ1v) is 7.39. The Morgan fingerprint density at radius 3 is 2.48 bits per heavy atom. The predicted octanol–water partition coefficient (Wildman–Crippen LogP) is 4.96. The smallest absolute Gasteiger partial charge is 0.264 e. The number of amides is 1. The lowest BCUT2D eigenvalue weighted by atomic mass is 10.0. The highest BCUT2D eigenvalue weighted by Gasteiger charge is 2.24. The summed E-state index contributed by atoms with van der Waals surface area (Å²) in [7, 11) is 0. The topological polar surface area (TPSA) is 29.5 Å². The Morgan fingerprint density at radius 2 is 1.76 bits per heavy atom. The van der Waals surface area contributed by atoms with E-state index in [9.17, 15) is 22.4 Å². The van der Waals surface area contributed by atoms with Gasteiger partial charge in [-0.15, -0.1) is 0 Å². The number of benzene rings is 2. The molecule has 3 rings (SSSR count). The van der Waals surface area contributed by atoms with E-state index >= 15 is 0 Å². The number of alkyl halides is 4. The van der Waals surface area contributed by atoms with E-state index in [1.807, 2.05) is 0 Å². The molecule has 7 heteroatoms. The van der Waals surface area contributed by atoms with E-state index in [1.54, 1.807) is 24.3 Å². The van der Waals surface area contributed by atoms with Gasteiger partial charge in [-0.25, -0.2) is 17.6 Å². The number of para-hydroxylation sites is 2. The first-order chi connectivity index (χ1) is 12.0. The number of rotatable bonds is 4. The first-order valence-electron chi connectivity index (χ1n) is 7.39. The molecule has 0 radical (unpaired) electrons. The summed E-state index contributed by atoms with van der Waals surface area (Å²) in [5.41, 5.74) is -0.597. The number of carbonyl (C=O) groups excluding carboxylic acids is 1. The van der Waals surface area contributed by atoms with Crippen molar-refractivity contribution in [3.8, 4) is 5.75 Å². The van der Waals surface area contributed by atoms with Crippen LogP contribution in [0.3, 0.4) is 0 Å². The lowest BCUT2D eigenvalue weighted by Gasteiger charge is -2.12. The van der Waals surface area contributed by atoms with Crippen molar-refractivity contribution >= 4 is 17.7 Å². The maximum Gasteiger partial charge on any atom is 0.264 e. The van der Waals surface area contributed by atoms with Gasteiger partial charge >= 0.3 is 0 Å². The second kappa shape index (κ2) is 6.96. The number of ether oxygens (including phenoxy) is 1. The molecule has 1 aliphatic heterocycles. The molecule has 25 heavy (non-hydrogen) atoms. The van der Waals surface area contributed by atoms with Gasteiger partial charge in [0.2, 0.25) is 0 Å². The minimum Gasteiger partial charge on any atom is -0.470 e. The average molecular weight is 351 g/mol. The van der Waals surface area contributed by atoms with Gasteiger partial charge in [0, 0.05) is 17.2 Å². The molecule has 0 N–H and O–H groups in total. The van der Waals surface area contributed by atoms with E-state index in [0.29, 0.717) is 11.4 Å². The fourth-order valence-corrected chi connectivity index (χ4v) is 2.53. The van der Waals surface area contributed by atoms with E-state index in [4.69, 9.17) is 4.74 Å². The SMILES string of the molecule is O=C(/C=C/c1ccc(C(F)F)c(C(F)F)c1)N1COc2ccccc21. The van der Waals surface area contributed by atoms with Crippen LogP contribution in [-0.2, 0) is 4.79 Å². The minimum absolute atomic E-state index is 0.0507. The maximum absolute atomic E-state index is 12.9. The molecule has 0 atom stereocenters. The molecule has 0 bridgehead atoms. The summed E-state index contributed by atoms with van der Waals surface area (Å²) in [6.45, 7) is 0.0507. The Labute approximate surface area is 141 Å². The van der Waals surface area contributed by atoms with E-state index in [0.717, 1.165) is 12.1 Å². The molecule has 1 aliphatic rings. The molecular weight excluding hydrogens is 338 g/mol. The Morgan fingerprint density at radius 1 is 1.04 bits per heavy atom. The van der Waals surface area contributed by atoms with Crippen LogP contribution in [0, 0.1) is 0 Å². The standard InChI is InChI=1S/C18H13F4NO2/c19-17(20)12-7-5-11(9-13(12)18(21)22)6-8-16(24)23-10-25-15-4-2-1-3-14(15)23/h1-9,17-18H,10H2/b8-6+. The molecule has 1 amide bonds. The molecule has 0 aromatic heterocycles. The van der Waals surface area contributed by atoms with E-state index in [1.165, 1.54) is 23.1 Å². The number of anilines is 1. The second-order valence-electron chi connectivity index (χ2n) is 5.33. The van der Waals surface area contributed by atoms with Crippen molar-refractivity contribution in [2.45, 2.75) is 12.9 Å². The molecule has 0 spiro atoms. The molecule has 130 valence electrons. The van der Waals surface area contributed by atoms with E-state index < -0.39 is 29.9 Å². The summed E-state index contributed by atoms with van der Waals surface area (Å²) in [6, 6.07) is 10.2. The van der Waals surface area contributed by atoms with Gasteiger partial charge in [0.25, 0.3) is 18.8 Å². The maximum atomic E-state index is 12.9. The summed E-state index contributed by atoms with van der Waals surface area (Å²) < 4.78 is 56.7. The zero-order chi connectivity index (χ0) is 18.0. The molecule has 0 aliphatic carbocycles. The lowest BCUT2D eigenvalue weighted by Crippen LogP contribution is -2.28. The third kappa shape index (κ3) is 3.50. The summed E-state index contributed by atoms with van der Waals surface area (Å²) in [6.07, 6.45) is -3.50. The molecule has 0 unspecified atom stereocenters. The number of halogens is 4. The van der Waals surface area contributed by atoms with Crippen molar-refractivity contribution in [1.82, 2.24) is 0 Å². The molecule has 1 heterocycles. The number of hydrogen-bond donors (Lipinski definition) is 0. The minimum atomic E-state index is -3.02. The Bertz CT molecular complexity index is 820. The third-order valence-electron chi connectivity index (χ3n) is 3.77. The molecular formula is C18H13F4NO2. The molecule has 0 saturated carbocycles. The Balaban J connectivity index is 1.81. The van der Waals surface area contributed by atoms with Crippen LogP contribution >= 0.6 is 0 Å². The average Bonchev–Trinajstić information content (AvgIpc) is 3.03. The second-order valence-corrected chi connectivity index (χ2v) is 5.33. The molecule has 3 nitrogen and oxygen atoms in total. The van der Waals surface area contributed by atoms with Crippen molar-refractivity contribution in [1.29, 1.82) is 0 Å². The van der Waals surface area contributed by atoms with Crippen molar-refractivity contribution in [3.63, 3.8) is 0 Å². The largest absolute Gasteiger partial charge is 0.470 e. The van der Waals surface area contributed by atoms with Crippen LogP contribution in [0.1, 0.15) is 29.5 Å². The van der Waals surface area contributed by atoms with Crippen LogP contribution in [-0.4, -0.2) is 12.6 Å². The highest BCUT2D eigenvalue weighted by molar-refractivity contribution is 6.05. The van der Waals surface area contributed by atoms with Crippen LogP contribution in [0.5, 0.6) is 5.75 Å². The number of hydrogen-bond acceptors (Lipinski definition) is 2. The van der Waals surface area contributed by atoms with Crippen molar-refractivity contribution < 1.29 is 27.1 Å². The fraction of sp³-hybridized carbons (Fsp3) is 0.167. The number of nitrogens with zero attached hydrogens (tertiary/aromatic N) is 1. The van der Waals surface area contributed by atoms with Crippen molar-refractivity contribution in [2.75, 3.05) is 11.6 Å². The van der Waals surface area contributed by atoms with Gasteiger partial charge < -0.3 is 4.74 Å². The van der Waals surface area contributed by atoms with Gasteiger partial charge in [0.1, 0.15) is 5.75 Å². The van der Waals surface area contributed by atoms with Crippen LogP contribution < -0.4 is 9.64 Å². The Hall–Kier alpha value is -2.83. The molecule has 2 aromatic carbocycles. The summed E-state index contributed by atoms with van der Waals surface area (Å²) in [5.74, 6) is 0.173. The van der Waals surface area contributed by atoms with Crippen molar-refractivity contribution in [3.05, 3.63) is 65.2 Å². The van der Waals surface area contributed by atoms with Gasteiger partial charge in [-0.2, -0.15) is 0 Å². The zero-order valence-corrected chi connectivity index (χ0v) is 12.8. The number of carbonyl (C=O) groups is 1. The third-order valence-corrected chi connectivity index (χ3v) is 3.77. The molecule has 0 fully saturated rings. The highest BCUT2D eigenvalue weighted by Crippen LogP contribution is 2.34. The van der Waals surface area contributed by atoms with Gasteiger partial charge in [0.15, 0.2) is 6.73 Å². The van der Waals surface area contributed by atoms with Gasteiger partial charge in [-0.3, -0.25) is 9.69 Å². The van der Waals surface area contributed by atoms with Gasteiger partial charge in [-0.05, 0) is 29.8 Å². The highest BCUT2D eigenvalue weighted by atomic mass is 19.3. The van der Waals surface area contributed by atoms with Crippen LogP contribution in [0.2, 0.25) is 0 Å². The summed E-state index contributed by atoms with van der Waals surface area (Å²) >= 11 is 0. The predicted molar refractivity (Wildman–Crippen MR) is 84.8 cm³/mol. The normalized spacial score (nSPS) is 13.6. The fourth-order valence-electron chi connectivity index (χ4n) is 2.53. The van der Waals surface area contributed by atoms with Gasteiger partial charge in [0.05, 0.1) is 5.69 Å². The summed E-state index contributed by atoms with van der Waals surface area (Å²) in [4.78, 5) is 13.6. The van der Waals surface area contributed by atoms with Crippen LogP contribution in [0.4, 0.5) is 23.2 Å². The van der Waals surface area contributed by atoms with Gasteiger partial charge in [-0.1, -0.05) is 24.3 Å². The van der Waals surface area contributed by atoms with E-state index in [-0.39, 0.29) is 12.3 Å². The summed E-state index contributed by atoms with van der Waals surface area (Å²) in [5, 5.41) is 0. The van der Waals surface area contributed by atoms with E-state index in [2.05, 4.69) is 0 Å². The molecule has 2 aromatic rings. The number of fused-ring (bicyclic) bond motifs is 1. The lowest BCUT2D eigenvalue weighted by molar-refractivity contribution is -0.114. The first kappa shape index (κ1) is 17.0. The quantitative estimate of drug-likeness (QED) is 0.576.